The number of ether oxygens (including phenoxy) is 1. The summed E-state index contributed by atoms with van der Waals surface area (Å²) in [5, 5.41) is 0.445. The van der Waals surface area contributed by atoms with Gasteiger partial charge in [-0.1, -0.05) is 13.8 Å². The maximum Gasteiger partial charge on any atom is 0.318 e. The van der Waals surface area contributed by atoms with Crippen molar-refractivity contribution >= 4 is 28.7 Å². The minimum atomic E-state index is -0.886. The molecule has 3 aromatic rings. The summed E-state index contributed by atoms with van der Waals surface area (Å²) in [4.78, 5) is 37.2. The molecule has 4 rings (SSSR count). The molecule has 0 spiro atoms. The highest BCUT2D eigenvalue weighted by atomic mass is 19.1. The van der Waals surface area contributed by atoms with Crippen molar-refractivity contribution in [3.63, 3.8) is 0 Å². The molecule has 0 radical (unpaired) electrons. The van der Waals surface area contributed by atoms with Gasteiger partial charge in [-0.25, -0.2) is 18.7 Å². The zero-order chi connectivity index (χ0) is 25.1. The molecule has 0 aromatic carbocycles. The van der Waals surface area contributed by atoms with Crippen molar-refractivity contribution in [3.8, 4) is 6.01 Å². The fourth-order valence-electron chi connectivity index (χ4n) is 3.80. The molecule has 0 N–H and O–H groups in total. The first-order chi connectivity index (χ1) is 16.8. The van der Waals surface area contributed by atoms with Crippen LogP contribution in [0.1, 0.15) is 43.4 Å². The fourth-order valence-corrected chi connectivity index (χ4v) is 3.80. The Hall–Kier alpha value is -3.76. The predicted octanol–water partition coefficient (Wildman–Crippen LogP) is 3.44. The lowest BCUT2D eigenvalue weighted by molar-refractivity contribution is -0.128. The summed E-state index contributed by atoms with van der Waals surface area (Å²) in [5.41, 5.74) is 0.694. The van der Waals surface area contributed by atoms with Crippen LogP contribution in [0.4, 0.5) is 14.6 Å². The number of carbonyl (C=O) groups excluding carboxylic acids is 1. The summed E-state index contributed by atoms with van der Waals surface area (Å²) in [6.45, 7) is 6.84. The van der Waals surface area contributed by atoms with Gasteiger partial charge in [0.25, 0.3) is 5.91 Å². The smallest absolute Gasteiger partial charge is 0.318 e. The van der Waals surface area contributed by atoms with Gasteiger partial charge in [0.05, 0.1) is 23.9 Å². The molecule has 3 aromatic heterocycles. The Morgan fingerprint density at radius 2 is 1.94 bits per heavy atom. The van der Waals surface area contributed by atoms with E-state index in [2.05, 4.69) is 24.9 Å². The van der Waals surface area contributed by atoms with Crippen molar-refractivity contribution in [2.45, 2.75) is 33.1 Å². The Bertz CT molecular complexity index is 1280. The number of fused-ring (bicyclic) bond motifs is 1. The highest BCUT2D eigenvalue weighted by molar-refractivity contribution is 5.95. The van der Waals surface area contributed by atoms with Crippen LogP contribution in [0.25, 0.3) is 17.0 Å². The number of hydrogen-bond donors (Lipinski definition) is 0. The predicted molar refractivity (Wildman–Crippen MR) is 127 cm³/mol. The number of aryl methyl sites for hydroxylation is 1. The van der Waals surface area contributed by atoms with Crippen LogP contribution < -0.4 is 9.64 Å². The molecule has 1 fully saturated rings. The van der Waals surface area contributed by atoms with Crippen LogP contribution >= 0.6 is 0 Å². The van der Waals surface area contributed by atoms with Gasteiger partial charge in [-0.05, 0) is 19.4 Å². The molecule has 9 nitrogen and oxygen atoms in total. The van der Waals surface area contributed by atoms with Gasteiger partial charge in [-0.3, -0.25) is 9.78 Å². The number of halogens is 2. The zero-order valence-electron chi connectivity index (χ0n) is 20.1. The number of hydrogen-bond acceptors (Lipinski definition) is 8. The van der Waals surface area contributed by atoms with Gasteiger partial charge in [-0.15, -0.1) is 0 Å². The lowest BCUT2D eigenvalue weighted by atomic mass is 10.1. The van der Waals surface area contributed by atoms with Crippen LogP contribution in [-0.4, -0.2) is 69.0 Å². The summed E-state index contributed by atoms with van der Waals surface area (Å²) in [5.74, 6) is -0.917. The molecule has 11 heteroatoms. The number of pyridine rings is 1. The van der Waals surface area contributed by atoms with Gasteiger partial charge >= 0.3 is 6.01 Å². The standard InChI is InChI=1S/C24H27F2N7O2/c1-5-14(2)21-27-7-6-16(29-21)12-18(25)23(34)33-10-8-32(9-11-33)22-17-13-28-15(3)19(26)20(17)30-24(31-22)35-4/h6-7,12-14H,5,8-11H2,1-4H3/b18-12+. The summed E-state index contributed by atoms with van der Waals surface area (Å²) >= 11 is 0. The van der Waals surface area contributed by atoms with E-state index in [9.17, 15) is 13.6 Å². The molecule has 0 saturated carbocycles. The van der Waals surface area contributed by atoms with E-state index in [1.807, 2.05) is 18.7 Å². The number of aromatic nitrogens is 5. The summed E-state index contributed by atoms with van der Waals surface area (Å²) in [6.07, 6.45) is 5.09. The van der Waals surface area contributed by atoms with Crippen molar-refractivity contribution in [2.24, 2.45) is 0 Å². The van der Waals surface area contributed by atoms with Gasteiger partial charge in [-0.2, -0.15) is 9.97 Å². The van der Waals surface area contributed by atoms with E-state index in [1.165, 1.54) is 18.2 Å². The van der Waals surface area contributed by atoms with Crippen LogP contribution in [0.3, 0.4) is 0 Å². The van der Waals surface area contributed by atoms with Crippen LogP contribution in [-0.2, 0) is 4.79 Å². The highest BCUT2D eigenvalue weighted by Gasteiger charge is 2.27. The van der Waals surface area contributed by atoms with Crippen LogP contribution in [0.2, 0.25) is 0 Å². The van der Waals surface area contributed by atoms with E-state index in [4.69, 9.17) is 4.74 Å². The first-order valence-electron chi connectivity index (χ1n) is 11.4. The normalized spacial score (nSPS) is 15.4. The number of piperazine rings is 1. The number of anilines is 1. The third kappa shape index (κ3) is 5.03. The molecule has 1 aliphatic heterocycles. The minimum Gasteiger partial charge on any atom is -0.467 e. The topological polar surface area (TPSA) is 97.2 Å². The van der Waals surface area contributed by atoms with E-state index < -0.39 is 17.6 Å². The Labute approximate surface area is 201 Å². The maximum atomic E-state index is 14.8. The maximum absolute atomic E-state index is 14.8. The number of methoxy groups -OCH3 is 1. The average Bonchev–Trinajstić information content (AvgIpc) is 2.89. The van der Waals surface area contributed by atoms with Gasteiger partial charge in [0.15, 0.2) is 11.6 Å². The van der Waals surface area contributed by atoms with Crippen LogP contribution in [0.15, 0.2) is 24.3 Å². The first-order valence-corrected chi connectivity index (χ1v) is 11.4. The average molecular weight is 484 g/mol. The molecular weight excluding hydrogens is 456 g/mol. The number of nitrogens with zero attached hydrogens (tertiary/aromatic N) is 7. The SMILES string of the molecule is CCC(C)c1nccc(/C=C(/F)C(=O)N2CCN(c3nc(OC)nc4c(F)c(C)ncc34)CC2)n1. The summed E-state index contributed by atoms with van der Waals surface area (Å²) in [6, 6.07) is 1.60. The quantitative estimate of drug-likeness (QED) is 0.492. The van der Waals surface area contributed by atoms with Crippen molar-refractivity contribution in [1.29, 1.82) is 0 Å². The van der Waals surface area contributed by atoms with Gasteiger partial charge in [0, 0.05) is 50.6 Å². The van der Waals surface area contributed by atoms with Crippen molar-refractivity contribution in [2.75, 3.05) is 38.2 Å². The second kappa shape index (κ2) is 10.2. The Balaban J connectivity index is 1.50. The molecule has 184 valence electrons. The molecule has 1 unspecified atom stereocenters. The lowest BCUT2D eigenvalue weighted by Gasteiger charge is -2.35. The molecule has 1 amide bonds. The number of rotatable bonds is 6. The zero-order valence-corrected chi connectivity index (χ0v) is 20.1. The van der Waals surface area contributed by atoms with Gasteiger partial charge < -0.3 is 14.5 Å². The molecule has 4 heterocycles. The third-order valence-electron chi connectivity index (χ3n) is 6.09. The molecule has 0 aliphatic carbocycles. The Morgan fingerprint density at radius 3 is 2.63 bits per heavy atom. The molecule has 35 heavy (non-hydrogen) atoms. The van der Waals surface area contributed by atoms with Crippen molar-refractivity contribution in [1.82, 2.24) is 29.8 Å². The molecule has 1 atom stereocenters. The van der Waals surface area contributed by atoms with E-state index in [1.54, 1.807) is 19.2 Å². The van der Waals surface area contributed by atoms with E-state index in [-0.39, 0.29) is 36.2 Å². The van der Waals surface area contributed by atoms with E-state index in [0.717, 1.165) is 12.5 Å². The van der Waals surface area contributed by atoms with Gasteiger partial charge in [0.1, 0.15) is 17.2 Å². The van der Waals surface area contributed by atoms with Crippen LogP contribution in [0, 0.1) is 12.7 Å². The monoisotopic (exact) mass is 483 g/mol. The van der Waals surface area contributed by atoms with E-state index in [0.29, 0.717) is 35.8 Å². The lowest BCUT2D eigenvalue weighted by Crippen LogP contribution is -2.49. The molecule has 0 bridgehead atoms. The second-order valence-electron chi connectivity index (χ2n) is 8.37. The van der Waals surface area contributed by atoms with Crippen molar-refractivity contribution in [3.05, 3.63) is 47.3 Å². The molecule has 1 aliphatic rings. The van der Waals surface area contributed by atoms with Crippen molar-refractivity contribution < 1.29 is 18.3 Å². The van der Waals surface area contributed by atoms with Crippen LogP contribution in [0.5, 0.6) is 6.01 Å². The van der Waals surface area contributed by atoms with Gasteiger partial charge in [0.2, 0.25) is 0 Å². The Morgan fingerprint density at radius 1 is 1.20 bits per heavy atom. The first kappa shape index (κ1) is 24.4. The fraction of sp³-hybridized carbons (Fsp3) is 0.417. The van der Waals surface area contributed by atoms with E-state index >= 15 is 0 Å². The number of carbonyl (C=O) groups is 1. The number of amides is 1. The third-order valence-corrected chi connectivity index (χ3v) is 6.09. The Kier molecular flexibility index (Phi) is 7.13. The second-order valence-corrected chi connectivity index (χ2v) is 8.37. The summed E-state index contributed by atoms with van der Waals surface area (Å²) in [7, 11) is 1.41. The minimum absolute atomic E-state index is 0.0334. The molecular formula is C24H27F2N7O2. The highest BCUT2D eigenvalue weighted by Crippen LogP contribution is 2.29. The molecule has 1 saturated heterocycles. The summed E-state index contributed by atoms with van der Waals surface area (Å²) < 4.78 is 34.6. The largest absolute Gasteiger partial charge is 0.467 e.